The van der Waals surface area contributed by atoms with Gasteiger partial charge in [0.1, 0.15) is 0 Å². The first-order valence-electron chi connectivity index (χ1n) is 6.53. The van der Waals surface area contributed by atoms with Gasteiger partial charge in [-0.05, 0) is 25.7 Å². The van der Waals surface area contributed by atoms with Crippen molar-refractivity contribution in [3.63, 3.8) is 0 Å². The number of carbonyl (C=O) groups is 1. The maximum absolute atomic E-state index is 12.4. The third kappa shape index (κ3) is 2.69. The summed E-state index contributed by atoms with van der Waals surface area (Å²) in [6.45, 7) is 6.16. The Morgan fingerprint density at radius 1 is 1.50 bits per heavy atom. The van der Waals surface area contributed by atoms with Gasteiger partial charge in [-0.1, -0.05) is 12.1 Å². The van der Waals surface area contributed by atoms with Crippen LogP contribution in [-0.4, -0.2) is 44.9 Å². The van der Waals surface area contributed by atoms with Crippen molar-refractivity contribution < 1.29 is 4.79 Å². The van der Waals surface area contributed by atoms with E-state index in [1.165, 1.54) is 6.42 Å². The molecule has 0 aliphatic carbocycles. The number of amides is 1. The van der Waals surface area contributed by atoms with Crippen LogP contribution in [0.2, 0.25) is 0 Å². The van der Waals surface area contributed by atoms with E-state index in [4.69, 9.17) is 5.73 Å². The van der Waals surface area contributed by atoms with E-state index in [1.807, 2.05) is 4.90 Å². The number of rotatable bonds is 3. The van der Waals surface area contributed by atoms with Crippen molar-refractivity contribution in [3.05, 3.63) is 11.9 Å². The highest BCUT2D eigenvalue weighted by molar-refractivity contribution is 5.92. The summed E-state index contributed by atoms with van der Waals surface area (Å²) >= 11 is 0. The second-order valence-corrected chi connectivity index (χ2v) is 5.14. The molecular weight excluding hydrogens is 230 g/mol. The van der Waals surface area contributed by atoms with E-state index in [2.05, 4.69) is 24.2 Å². The molecule has 1 aromatic rings. The van der Waals surface area contributed by atoms with Crippen LogP contribution < -0.4 is 5.73 Å². The average Bonchev–Trinajstić information content (AvgIpc) is 2.80. The Kier molecular flexibility index (Phi) is 3.96. The number of hydrogen-bond donors (Lipinski definition) is 1. The summed E-state index contributed by atoms with van der Waals surface area (Å²) in [5.41, 5.74) is 5.87. The molecule has 2 unspecified atom stereocenters. The highest BCUT2D eigenvalue weighted by atomic mass is 16.2. The summed E-state index contributed by atoms with van der Waals surface area (Å²) in [5, 5.41) is 7.84. The van der Waals surface area contributed by atoms with Crippen LogP contribution in [0.4, 0.5) is 0 Å². The monoisotopic (exact) mass is 251 g/mol. The summed E-state index contributed by atoms with van der Waals surface area (Å²) < 4.78 is 1.62. The molecule has 0 bridgehead atoms. The van der Waals surface area contributed by atoms with Crippen LogP contribution in [-0.2, 0) is 6.54 Å². The maximum atomic E-state index is 12.4. The highest BCUT2D eigenvalue weighted by Gasteiger charge is 2.29. The Bertz CT molecular complexity index is 416. The minimum atomic E-state index is -0.0164. The van der Waals surface area contributed by atoms with Gasteiger partial charge >= 0.3 is 0 Å². The first kappa shape index (κ1) is 13.0. The Morgan fingerprint density at radius 2 is 2.28 bits per heavy atom. The van der Waals surface area contributed by atoms with E-state index in [0.29, 0.717) is 24.7 Å². The zero-order valence-corrected chi connectivity index (χ0v) is 11.0. The third-order valence-electron chi connectivity index (χ3n) is 3.49. The largest absolute Gasteiger partial charge is 0.334 e. The lowest BCUT2D eigenvalue weighted by molar-refractivity contribution is 0.0568. The van der Waals surface area contributed by atoms with Gasteiger partial charge in [-0.3, -0.25) is 9.48 Å². The maximum Gasteiger partial charge on any atom is 0.276 e. The molecule has 2 rings (SSSR count). The van der Waals surface area contributed by atoms with Crippen molar-refractivity contribution >= 4 is 5.91 Å². The molecule has 0 aromatic carbocycles. The van der Waals surface area contributed by atoms with Crippen LogP contribution in [0.25, 0.3) is 0 Å². The molecule has 0 spiro atoms. The average molecular weight is 251 g/mol. The van der Waals surface area contributed by atoms with E-state index in [9.17, 15) is 4.79 Å². The zero-order chi connectivity index (χ0) is 13.1. The Morgan fingerprint density at radius 3 is 3.00 bits per heavy atom. The van der Waals surface area contributed by atoms with E-state index in [-0.39, 0.29) is 11.9 Å². The molecular formula is C12H21N5O. The molecule has 1 aromatic heterocycles. The van der Waals surface area contributed by atoms with Gasteiger partial charge in [0.05, 0.1) is 12.7 Å². The van der Waals surface area contributed by atoms with Gasteiger partial charge in [-0.2, -0.15) is 0 Å². The molecule has 2 atom stereocenters. The number of hydrogen-bond acceptors (Lipinski definition) is 4. The van der Waals surface area contributed by atoms with Crippen LogP contribution in [0.15, 0.2) is 6.20 Å². The van der Waals surface area contributed by atoms with Crippen molar-refractivity contribution in [3.8, 4) is 0 Å². The van der Waals surface area contributed by atoms with Gasteiger partial charge in [-0.25, -0.2) is 0 Å². The van der Waals surface area contributed by atoms with Crippen LogP contribution in [0.5, 0.6) is 0 Å². The zero-order valence-electron chi connectivity index (χ0n) is 11.0. The van der Waals surface area contributed by atoms with Crippen LogP contribution >= 0.6 is 0 Å². The summed E-state index contributed by atoms with van der Waals surface area (Å²) in [6, 6.07) is 0.286. The summed E-state index contributed by atoms with van der Waals surface area (Å²) in [5.74, 6) is 0.543. The summed E-state index contributed by atoms with van der Waals surface area (Å²) in [7, 11) is 0. The van der Waals surface area contributed by atoms with Crippen molar-refractivity contribution in [1.29, 1.82) is 0 Å². The second-order valence-electron chi connectivity index (χ2n) is 5.14. The Hall–Kier alpha value is -1.43. The highest BCUT2D eigenvalue weighted by Crippen LogP contribution is 2.22. The molecule has 0 radical (unpaired) electrons. The molecule has 2 heterocycles. The van der Waals surface area contributed by atoms with Crippen LogP contribution in [0.3, 0.4) is 0 Å². The SMILES string of the molecule is CC1CCC(C)N(C(=O)c2cn(CCN)nn2)C1. The fourth-order valence-electron chi connectivity index (χ4n) is 2.36. The molecule has 2 N–H and O–H groups in total. The number of carbonyl (C=O) groups excluding carboxylic acids is 1. The van der Waals surface area contributed by atoms with E-state index >= 15 is 0 Å². The molecule has 1 saturated heterocycles. The van der Waals surface area contributed by atoms with E-state index in [0.717, 1.165) is 13.0 Å². The number of likely N-dealkylation sites (tertiary alicyclic amines) is 1. The van der Waals surface area contributed by atoms with Gasteiger partial charge in [0.2, 0.25) is 0 Å². The van der Waals surface area contributed by atoms with Crippen molar-refractivity contribution in [2.45, 2.75) is 39.3 Å². The molecule has 100 valence electrons. The van der Waals surface area contributed by atoms with Crippen LogP contribution in [0, 0.1) is 5.92 Å². The number of aromatic nitrogens is 3. The number of nitrogens with two attached hydrogens (primary N) is 1. The van der Waals surface area contributed by atoms with Crippen molar-refractivity contribution in [1.82, 2.24) is 19.9 Å². The fraction of sp³-hybridized carbons (Fsp3) is 0.750. The topological polar surface area (TPSA) is 77.0 Å². The number of piperidine rings is 1. The van der Waals surface area contributed by atoms with Gasteiger partial charge in [-0.15, -0.1) is 5.10 Å². The van der Waals surface area contributed by atoms with Gasteiger partial charge in [0.15, 0.2) is 5.69 Å². The van der Waals surface area contributed by atoms with Crippen LogP contribution in [0.1, 0.15) is 37.2 Å². The van der Waals surface area contributed by atoms with E-state index < -0.39 is 0 Å². The first-order chi connectivity index (χ1) is 8.61. The van der Waals surface area contributed by atoms with Gasteiger partial charge in [0.25, 0.3) is 5.91 Å². The Balaban J connectivity index is 2.09. The lowest BCUT2D eigenvalue weighted by Crippen LogP contribution is -2.45. The normalized spacial score (nSPS) is 24.3. The molecule has 1 aliphatic heterocycles. The summed E-state index contributed by atoms with van der Waals surface area (Å²) in [4.78, 5) is 14.3. The molecule has 0 saturated carbocycles. The number of nitrogens with zero attached hydrogens (tertiary/aromatic N) is 4. The first-order valence-corrected chi connectivity index (χ1v) is 6.53. The second kappa shape index (κ2) is 5.48. The minimum Gasteiger partial charge on any atom is -0.334 e. The molecule has 1 aliphatic rings. The minimum absolute atomic E-state index is 0.0164. The molecule has 6 nitrogen and oxygen atoms in total. The molecule has 6 heteroatoms. The van der Waals surface area contributed by atoms with Gasteiger partial charge < -0.3 is 10.6 Å². The smallest absolute Gasteiger partial charge is 0.276 e. The third-order valence-corrected chi connectivity index (χ3v) is 3.49. The summed E-state index contributed by atoms with van der Waals surface area (Å²) in [6.07, 6.45) is 3.93. The quantitative estimate of drug-likeness (QED) is 0.848. The fourth-order valence-corrected chi connectivity index (χ4v) is 2.36. The van der Waals surface area contributed by atoms with E-state index in [1.54, 1.807) is 10.9 Å². The lowest BCUT2D eigenvalue weighted by atomic mass is 9.95. The molecule has 18 heavy (non-hydrogen) atoms. The van der Waals surface area contributed by atoms with Crippen molar-refractivity contribution in [2.75, 3.05) is 13.1 Å². The van der Waals surface area contributed by atoms with Crippen molar-refractivity contribution in [2.24, 2.45) is 11.7 Å². The van der Waals surface area contributed by atoms with Gasteiger partial charge in [0, 0.05) is 19.1 Å². The lowest BCUT2D eigenvalue weighted by Gasteiger charge is -2.36. The molecule has 1 fully saturated rings. The Labute approximate surface area is 107 Å². The molecule has 1 amide bonds. The predicted octanol–water partition coefficient (Wildman–Crippen LogP) is 0.497. The standard InChI is InChI=1S/C12H21N5O/c1-9-3-4-10(2)17(7-9)12(18)11-8-16(6-5-13)15-14-11/h8-10H,3-7,13H2,1-2H3. The predicted molar refractivity (Wildman–Crippen MR) is 68.0 cm³/mol.